The summed E-state index contributed by atoms with van der Waals surface area (Å²) in [6.07, 6.45) is -5.19. The summed E-state index contributed by atoms with van der Waals surface area (Å²) in [5.41, 5.74) is 0.611. The molecule has 0 unspecified atom stereocenters. The molecule has 0 heterocycles. The normalized spacial score (nSPS) is 13.0. The van der Waals surface area contributed by atoms with E-state index >= 15 is 0 Å². The van der Waals surface area contributed by atoms with Gasteiger partial charge in [0.05, 0.1) is 6.42 Å². The van der Waals surface area contributed by atoms with Crippen LogP contribution in [-0.2, 0) is 0 Å². The summed E-state index contributed by atoms with van der Waals surface area (Å²) in [5, 5.41) is 6.91. The molecule has 0 saturated carbocycles. The smallest absolute Gasteiger partial charge is 0.171 e. The van der Waals surface area contributed by atoms with Crippen LogP contribution in [0, 0.1) is 0 Å². The molecule has 0 aliphatic carbocycles. The number of hydrogen-bond donors (Lipinski definition) is 0. The van der Waals surface area contributed by atoms with Gasteiger partial charge in [-0.1, -0.05) is 0 Å². The Morgan fingerprint density at radius 1 is 1.08 bits per heavy atom. The van der Waals surface area contributed by atoms with Crippen LogP contribution in [0.4, 0.5) is 13.2 Å². The summed E-state index contributed by atoms with van der Waals surface area (Å²) in [7, 11) is 0. The maximum absolute atomic E-state index is 11.7. The van der Waals surface area contributed by atoms with Gasteiger partial charge >= 0.3 is 6.18 Å². The molecule has 0 amide bonds. The van der Waals surface area contributed by atoms with Crippen molar-refractivity contribution >= 4 is 11.4 Å². The van der Waals surface area contributed by atoms with Crippen molar-refractivity contribution in [3.05, 3.63) is 0 Å². The zero-order valence-corrected chi connectivity index (χ0v) is 7.24. The van der Waals surface area contributed by atoms with Gasteiger partial charge in [-0.25, -0.2) is 0 Å². The molecule has 0 aromatic rings. The molecule has 5 heteroatoms. The minimum absolute atomic E-state index is 0.0244. The average Bonchev–Trinajstić information content (AvgIpc) is 1.79. The summed E-state index contributed by atoms with van der Waals surface area (Å²) in [4.78, 5) is 0. The maximum Gasteiger partial charge on any atom is 0.394 e. The first-order chi connectivity index (χ1) is 5.31. The van der Waals surface area contributed by atoms with Gasteiger partial charge in [-0.2, -0.15) is 23.4 Å². The maximum atomic E-state index is 11.7. The summed E-state index contributed by atoms with van der Waals surface area (Å²) >= 11 is 0. The quantitative estimate of drug-likeness (QED) is 0.461. The molecule has 0 atom stereocenters. The second kappa shape index (κ2) is 4.23. The molecule has 0 spiro atoms. The van der Waals surface area contributed by atoms with E-state index in [-0.39, 0.29) is 5.71 Å². The number of alkyl halides is 3. The Morgan fingerprint density at radius 3 is 1.92 bits per heavy atom. The lowest BCUT2D eigenvalue weighted by atomic mass is 10.3. The van der Waals surface area contributed by atoms with Crippen LogP contribution in [-0.4, -0.2) is 17.6 Å². The lowest BCUT2D eigenvalue weighted by Gasteiger charge is -2.03. The highest BCUT2D eigenvalue weighted by Crippen LogP contribution is 2.19. The van der Waals surface area contributed by atoms with Gasteiger partial charge in [0.15, 0.2) is 0 Å². The zero-order chi connectivity index (χ0) is 9.78. The number of nitrogens with zero attached hydrogens (tertiary/aromatic N) is 2. The van der Waals surface area contributed by atoms with Crippen molar-refractivity contribution in [2.75, 3.05) is 0 Å². The van der Waals surface area contributed by atoms with E-state index in [1.54, 1.807) is 13.8 Å². The molecule has 0 aromatic heterocycles. The second-order valence-corrected chi connectivity index (χ2v) is 2.67. The topological polar surface area (TPSA) is 24.7 Å². The second-order valence-electron chi connectivity index (χ2n) is 2.67. The molecule has 0 fully saturated rings. The molecule has 70 valence electrons. The Balaban J connectivity index is 4.13. The van der Waals surface area contributed by atoms with Crippen LogP contribution in [0.5, 0.6) is 0 Å². The Bertz CT molecular complexity index is 199. The van der Waals surface area contributed by atoms with Crippen LogP contribution in [0.25, 0.3) is 0 Å². The molecule has 0 aromatic carbocycles. The van der Waals surface area contributed by atoms with Gasteiger partial charge in [-0.05, 0) is 20.8 Å². The standard InChI is InChI=1S/C7H11F3N2/c1-5(2)11-12-6(3)4-7(8,9)10/h4H2,1-3H3/b12-6-. The minimum atomic E-state index is -4.19. The van der Waals surface area contributed by atoms with Crippen LogP contribution in [0.3, 0.4) is 0 Å². The van der Waals surface area contributed by atoms with Gasteiger partial charge in [0.25, 0.3) is 0 Å². The lowest BCUT2D eigenvalue weighted by molar-refractivity contribution is -0.121. The summed E-state index contributed by atoms with van der Waals surface area (Å²) in [6.45, 7) is 4.65. The zero-order valence-electron chi connectivity index (χ0n) is 7.24. The Labute approximate surface area is 69.2 Å². The first-order valence-corrected chi connectivity index (χ1v) is 3.42. The van der Waals surface area contributed by atoms with Crippen LogP contribution in [0.1, 0.15) is 27.2 Å². The molecule has 0 rings (SSSR count). The third-order valence-corrected chi connectivity index (χ3v) is 0.877. The van der Waals surface area contributed by atoms with Crippen LogP contribution in [0.15, 0.2) is 10.2 Å². The summed E-state index contributed by atoms with van der Waals surface area (Å²) in [6, 6.07) is 0. The van der Waals surface area contributed by atoms with E-state index in [2.05, 4.69) is 10.2 Å². The van der Waals surface area contributed by atoms with Gasteiger partial charge in [0, 0.05) is 11.4 Å². The van der Waals surface area contributed by atoms with E-state index < -0.39 is 12.6 Å². The van der Waals surface area contributed by atoms with Crippen molar-refractivity contribution in [1.29, 1.82) is 0 Å². The highest BCUT2D eigenvalue weighted by molar-refractivity contribution is 5.84. The van der Waals surface area contributed by atoms with Gasteiger partial charge in [-0.15, -0.1) is 0 Å². The van der Waals surface area contributed by atoms with Gasteiger partial charge < -0.3 is 0 Å². The fourth-order valence-corrected chi connectivity index (χ4v) is 0.511. The van der Waals surface area contributed by atoms with Crippen LogP contribution < -0.4 is 0 Å². The SMILES string of the molecule is CC(C)=N/N=C(/C)CC(F)(F)F. The van der Waals surface area contributed by atoms with E-state index in [1.807, 2.05) is 0 Å². The third-order valence-electron chi connectivity index (χ3n) is 0.877. The van der Waals surface area contributed by atoms with Gasteiger partial charge in [0.1, 0.15) is 0 Å². The average molecular weight is 180 g/mol. The van der Waals surface area contributed by atoms with Gasteiger partial charge in [-0.3, -0.25) is 0 Å². The molecule has 0 aliphatic rings. The molecular weight excluding hydrogens is 169 g/mol. The van der Waals surface area contributed by atoms with E-state index in [4.69, 9.17) is 0 Å². The van der Waals surface area contributed by atoms with E-state index in [9.17, 15) is 13.2 Å². The Kier molecular flexibility index (Phi) is 3.92. The van der Waals surface area contributed by atoms with Crippen molar-refractivity contribution in [2.45, 2.75) is 33.4 Å². The van der Waals surface area contributed by atoms with Crippen molar-refractivity contribution in [3.63, 3.8) is 0 Å². The Morgan fingerprint density at radius 2 is 1.58 bits per heavy atom. The minimum Gasteiger partial charge on any atom is -0.171 e. The van der Waals surface area contributed by atoms with Crippen LogP contribution in [0.2, 0.25) is 0 Å². The van der Waals surface area contributed by atoms with Crippen molar-refractivity contribution in [1.82, 2.24) is 0 Å². The van der Waals surface area contributed by atoms with Crippen molar-refractivity contribution in [2.24, 2.45) is 10.2 Å². The number of hydrogen-bond acceptors (Lipinski definition) is 2. The third kappa shape index (κ3) is 7.24. The summed E-state index contributed by atoms with van der Waals surface area (Å²) in [5.74, 6) is 0. The first-order valence-electron chi connectivity index (χ1n) is 3.42. The number of halogens is 3. The van der Waals surface area contributed by atoms with E-state index in [1.165, 1.54) is 6.92 Å². The first kappa shape index (κ1) is 11.1. The van der Waals surface area contributed by atoms with E-state index in [0.717, 1.165) is 0 Å². The van der Waals surface area contributed by atoms with Crippen molar-refractivity contribution in [3.8, 4) is 0 Å². The molecule has 0 saturated heterocycles. The van der Waals surface area contributed by atoms with Crippen LogP contribution >= 0.6 is 0 Å². The highest BCUT2D eigenvalue weighted by atomic mass is 19.4. The number of rotatable bonds is 2. The molecule has 0 N–H and O–H groups in total. The largest absolute Gasteiger partial charge is 0.394 e. The lowest BCUT2D eigenvalue weighted by Crippen LogP contribution is -2.12. The highest BCUT2D eigenvalue weighted by Gasteiger charge is 2.28. The predicted molar refractivity (Wildman–Crippen MR) is 42.6 cm³/mol. The van der Waals surface area contributed by atoms with Gasteiger partial charge in [0.2, 0.25) is 0 Å². The molecular formula is C7H11F3N2. The van der Waals surface area contributed by atoms with E-state index in [0.29, 0.717) is 5.71 Å². The predicted octanol–water partition coefficient (Wildman–Crippen LogP) is 2.80. The summed E-state index contributed by atoms with van der Waals surface area (Å²) < 4.78 is 35.1. The molecule has 12 heavy (non-hydrogen) atoms. The molecule has 0 bridgehead atoms. The van der Waals surface area contributed by atoms with Crippen molar-refractivity contribution < 1.29 is 13.2 Å². The Hall–Kier alpha value is -0.870. The molecule has 2 nitrogen and oxygen atoms in total. The molecule has 0 radical (unpaired) electrons. The monoisotopic (exact) mass is 180 g/mol. The fourth-order valence-electron chi connectivity index (χ4n) is 0.511. The fraction of sp³-hybridized carbons (Fsp3) is 0.714. The molecule has 0 aliphatic heterocycles.